The summed E-state index contributed by atoms with van der Waals surface area (Å²) in [5.41, 5.74) is 1.12. The summed E-state index contributed by atoms with van der Waals surface area (Å²) in [6.45, 7) is 0. The minimum atomic E-state index is 0.0134. The molecule has 1 N–H and O–H groups in total. The van der Waals surface area contributed by atoms with Crippen molar-refractivity contribution in [2.45, 2.75) is 0 Å². The number of halogens is 1. The van der Waals surface area contributed by atoms with E-state index in [9.17, 15) is 0 Å². The third-order valence-electron chi connectivity index (χ3n) is 1.34. The normalized spacial score (nSPS) is 10.8. The van der Waals surface area contributed by atoms with Crippen molar-refractivity contribution in [3.63, 3.8) is 0 Å². The summed E-state index contributed by atoms with van der Waals surface area (Å²) in [4.78, 5) is 0. The van der Waals surface area contributed by atoms with Gasteiger partial charge in [-0.3, -0.25) is 0 Å². The first-order valence-electron chi connectivity index (χ1n) is 3.16. The fourth-order valence-corrected chi connectivity index (χ4v) is 0.866. The van der Waals surface area contributed by atoms with Crippen LogP contribution in [-0.4, -0.2) is 10.4 Å². The van der Waals surface area contributed by atoms with Crippen LogP contribution in [0.5, 0.6) is 0 Å². The van der Waals surface area contributed by atoms with Gasteiger partial charge in [-0.15, -0.1) is 0 Å². The fourth-order valence-electron chi connectivity index (χ4n) is 0.740. The van der Waals surface area contributed by atoms with E-state index in [1.165, 1.54) is 0 Å². The van der Waals surface area contributed by atoms with Crippen LogP contribution in [0, 0.1) is 11.3 Å². The van der Waals surface area contributed by atoms with Crippen molar-refractivity contribution in [3.05, 3.63) is 35.4 Å². The van der Waals surface area contributed by atoms with E-state index >= 15 is 0 Å². The predicted molar refractivity (Wildman–Crippen MR) is 45.3 cm³/mol. The molecule has 60 valence electrons. The molecule has 1 aromatic carbocycles. The van der Waals surface area contributed by atoms with Gasteiger partial charge in [0.1, 0.15) is 0 Å². The van der Waals surface area contributed by atoms with Gasteiger partial charge in [0, 0.05) is 5.56 Å². The van der Waals surface area contributed by atoms with Crippen molar-refractivity contribution in [1.82, 2.24) is 0 Å². The molecule has 0 radical (unpaired) electrons. The Morgan fingerprint density at radius 3 is 2.42 bits per heavy atom. The maximum Gasteiger partial charge on any atom is 0.175 e. The minimum Gasteiger partial charge on any atom is -0.410 e. The van der Waals surface area contributed by atoms with Crippen LogP contribution in [0.1, 0.15) is 11.1 Å². The first-order chi connectivity index (χ1) is 5.77. The van der Waals surface area contributed by atoms with Crippen molar-refractivity contribution in [2.75, 3.05) is 0 Å². The zero-order valence-electron chi connectivity index (χ0n) is 6.03. The van der Waals surface area contributed by atoms with E-state index in [0.29, 0.717) is 11.1 Å². The lowest BCUT2D eigenvalue weighted by Gasteiger charge is -1.94. The molecule has 4 heteroatoms. The Morgan fingerprint density at radius 1 is 1.42 bits per heavy atom. The minimum absolute atomic E-state index is 0.0134. The molecule has 0 heterocycles. The SMILES string of the molecule is N#Cc1ccc(C(Cl)=NO)cc1. The lowest BCUT2D eigenvalue weighted by molar-refractivity contribution is 0.321. The Bertz CT molecular complexity index is 337. The molecule has 0 atom stereocenters. The molecule has 0 spiro atoms. The molecule has 3 nitrogen and oxygen atoms in total. The van der Waals surface area contributed by atoms with Crippen molar-refractivity contribution < 1.29 is 5.21 Å². The van der Waals surface area contributed by atoms with Crippen molar-refractivity contribution in [1.29, 1.82) is 5.26 Å². The molecule has 0 saturated carbocycles. The van der Waals surface area contributed by atoms with Crippen LogP contribution < -0.4 is 0 Å². The lowest BCUT2D eigenvalue weighted by Crippen LogP contribution is -1.90. The first kappa shape index (κ1) is 8.57. The molecule has 0 unspecified atom stereocenters. The summed E-state index contributed by atoms with van der Waals surface area (Å²) in [5, 5.41) is 19.6. The van der Waals surface area contributed by atoms with Crippen molar-refractivity contribution in [3.8, 4) is 6.07 Å². The van der Waals surface area contributed by atoms with E-state index in [4.69, 9.17) is 22.1 Å². The van der Waals surface area contributed by atoms with Crippen LogP contribution in [-0.2, 0) is 0 Å². The molecule has 0 bridgehead atoms. The Labute approximate surface area is 74.5 Å². The highest BCUT2D eigenvalue weighted by Crippen LogP contribution is 2.06. The molecule has 0 aromatic heterocycles. The first-order valence-corrected chi connectivity index (χ1v) is 3.54. The van der Waals surface area contributed by atoms with Crippen molar-refractivity contribution in [2.24, 2.45) is 5.16 Å². The number of rotatable bonds is 1. The van der Waals surface area contributed by atoms with Crippen LogP contribution in [0.2, 0.25) is 0 Å². The van der Waals surface area contributed by atoms with Gasteiger partial charge >= 0.3 is 0 Å². The van der Waals surface area contributed by atoms with Gasteiger partial charge in [-0.2, -0.15) is 5.26 Å². The summed E-state index contributed by atoms with van der Waals surface area (Å²) in [6.07, 6.45) is 0. The zero-order valence-corrected chi connectivity index (χ0v) is 6.78. The van der Waals surface area contributed by atoms with Crippen LogP contribution in [0.3, 0.4) is 0 Å². The molecule has 0 aliphatic rings. The third-order valence-corrected chi connectivity index (χ3v) is 1.63. The summed E-state index contributed by atoms with van der Waals surface area (Å²) in [5.74, 6) is 0. The highest BCUT2D eigenvalue weighted by atomic mass is 35.5. The molecular formula is C8H5ClN2O. The third kappa shape index (κ3) is 1.74. The van der Waals surface area contributed by atoms with E-state index in [1.54, 1.807) is 24.3 Å². The number of nitrogens with zero attached hydrogens (tertiary/aromatic N) is 2. The van der Waals surface area contributed by atoms with Gasteiger partial charge in [-0.05, 0) is 12.1 Å². The van der Waals surface area contributed by atoms with E-state index in [1.807, 2.05) is 6.07 Å². The van der Waals surface area contributed by atoms with Gasteiger partial charge in [-0.25, -0.2) is 0 Å². The van der Waals surface area contributed by atoms with Gasteiger partial charge in [0.15, 0.2) is 5.17 Å². The van der Waals surface area contributed by atoms with Crippen molar-refractivity contribution >= 4 is 16.8 Å². The Balaban J connectivity index is 3.02. The number of nitriles is 1. The second kappa shape index (κ2) is 3.74. The molecular weight excluding hydrogens is 176 g/mol. The van der Waals surface area contributed by atoms with Gasteiger partial charge < -0.3 is 5.21 Å². The number of hydrogen-bond donors (Lipinski definition) is 1. The van der Waals surface area contributed by atoms with E-state index in [0.717, 1.165) is 0 Å². The predicted octanol–water partition coefficient (Wildman–Crippen LogP) is 1.93. The monoisotopic (exact) mass is 180 g/mol. The number of benzene rings is 1. The standard InChI is InChI=1S/C8H5ClN2O/c9-8(11-12)7-3-1-6(5-10)2-4-7/h1-4,12H. The van der Waals surface area contributed by atoms with Gasteiger partial charge in [0.05, 0.1) is 11.6 Å². The largest absolute Gasteiger partial charge is 0.410 e. The Kier molecular flexibility index (Phi) is 2.67. The number of oxime groups is 1. The fraction of sp³-hybridized carbons (Fsp3) is 0. The van der Waals surface area contributed by atoms with Gasteiger partial charge in [0.2, 0.25) is 0 Å². The summed E-state index contributed by atoms with van der Waals surface area (Å²) < 4.78 is 0. The molecule has 0 amide bonds. The lowest BCUT2D eigenvalue weighted by atomic mass is 10.2. The topological polar surface area (TPSA) is 56.4 Å². The van der Waals surface area contributed by atoms with Crippen LogP contribution in [0.25, 0.3) is 0 Å². The highest BCUT2D eigenvalue weighted by molar-refractivity contribution is 6.69. The summed E-state index contributed by atoms with van der Waals surface area (Å²) >= 11 is 5.50. The maximum absolute atomic E-state index is 8.46. The molecule has 1 aromatic rings. The van der Waals surface area contributed by atoms with E-state index in [-0.39, 0.29) is 5.17 Å². The molecule has 0 saturated heterocycles. The zero-order chi connectivity index (χ0) is 8.97. The van der Waals surface area contributed by atoms with Crippen LogP contribution in [0.4, 0.5) is 0 Å². The van der Waals surface area contributed by atoms with Crippen LogP contribution in [0.15, 0.2) is 29.4 Å². The molecule has 0 aliphatic carbocycles. The number of hydrogen-bond acceptors (Lipinski definition) is 3. The van der Waals surface area contributed by atoms with Crippen LogP contribution >= 0.6 is 11.6 Å². The average molecular weight is 181 g/mol. The quantitative estimate of drug-likeness (QED) is 0.408. The van der Waals surface area contributed by atoms with Gasteiger partial charge in [0.25, 0.3) is 0 Å². The van der Waals surface area contributed by atoms with E-state index in [2.05, 4.69) is 5.16 Å². The second-order valence-corrected chi connectivity index (χ2v) is 2.44. The summed E-state index contributed by atoms with van der Waals surface area (Å²) in [6, 6.07) is 8.39. The Morgan fingerprint density at radius 2 is 2.00 bits per heavy atom. The molecule has 12 heavy (non-hydrogen) atoms. The highest BCUT2D eigenvalue weighted by Gasteiger charge is 1.98. The summed E-state index contributed by atoms with van der Waals surface area (Å²) in [7, 11) is 0. The molecule has 1 rings (SSSR count). The average Bonchev–Trinajstić information content (AvgIpc) is 2.17. The maximum atomic E-state index is 8.46. The Hall–Kier alpha value is -1.53. The second-order valence-electron chi connectivity index (χ2n) is 2.08. The van der Waals surface area contributed by atoms with Gasteiger partial charge in [-0.1, -0.05) is 28.9 Å². The smallest absolute Gasteiger partial charge is 0.175 e. The molecule has 0 fully saturated rings. The van der Waals surface area contributed by atoms with E-state index < -0.39 is 0 Å². The molecule has 0 aliphatic heterocycles.